The number of benzene rings is 1. The number of carbonyl (C=O) groups excluding carboxylic acids is 5. The SMILES string of the molecule is COC(=O)[C@H](Cc1ccc(O)c([N+](=O)[O-])c1)NC(=O)CCC(=O)OCC(=O)[C@@]1(O)CC[C@@H]2[C@@H]3CCC4=CC(=O)CC[C@]4(C)[C@H]3CC[C@@]21C. The van der Waals surface area contributed by atoms with Crippen LogP contribution in [0.5, 0.6) is 5.75 Å². The van der Waals surface area contributed by atoms with Crippen LogP contribution < -0.4 is 5.32 Å². The number of nitrogens with one attached hydrogen (secondary N) is 1. The minimum Gasteiger partial charge on any atom is -0.502 e. The smallest absolute Gasteiger partial charge is 0.328 e. The second kappa shape index (κ2) is 13.4. The standard InChI is InChI=1S/C35H44N2O11/c1-33-13-10-22(38)18-21(33)5-6-23-24(33)11-14-34(2)25(23)12-15-35(34,44)29(40)19-48-31(42)9-8-30(41)36-26(32(43)47-3)16-20-4-7-28(39)27(17-20)37(45)46/h4,7,17-18,23-26,39,44H,5-6,8-16,19H2,1-3H3,(H,36,41)/t23-,24+,25-,26+,33+,34+,35+/m1/s1. The number of phenolic OH excluding ortho intramolecular Hbond substituents is 1. The van der Waals surface area contributed by atoms with Gasteiger partial charge in [-0.1, -0.05) is 25.5 Å². The molecule has 0 spiro atoms. The largest absolute Gasteiger partial charge is 0.502 e. The minimum absolute atomic E-state index is 0.0339. The number of amides is 1. The zero-order valence-corrected chi connectivity index (χ0v) is 27.6. The van der Waals surface area contributed by atoms with E-state index in [0.717, 1.165) is 44.9 Å². The lowest BCUT2D eigenvalue weighted by Gasteiger charge is -2.58. The van der Waals surface area contributed by atoms with Crippen molar-refractivity contribution in [1.29, 1.82) is 0 Å². The number of ketones is 2. The van der Waals surface area contributed by atoms with Crippen molar-refractivity contribution in [3.05, 3.63) is 45.5 Å². The Balaban J connectivity index is 1.14. The highest BCUT2D eigenvalue weighted by atomic mass is 16.6. The quantitative estimate of drug-likeness (QED) is 0.177. The van der Waals surface area contributed by atoms with Gasteiger partial charge in [0.05, 0.1) is 18.5 Å². The van der Waals surface area contributed by atoms with Gasteiger partial charge in [0.25, 0.3) is 0 Å². The number of rotatable bonds is 11. The van der Waals surface area contributed by atoms with Crippen LogP contribution in [0.15, 0.2) is 29.8 Å². The first-order chi connectivity index (χ1) is 22.6. The topological polar surface area (TPSA) is 199 Å². The summed E-state index contributed by atoms with van der Waals surface area (Å²) < 4.78 is 9.97. The van der Waals surface area contributed by atoms with E-state index in [1.807, 2.05) is 13.0 Å². The second-order valence-electron chi connectivity index (χ2n) is 14.3. The fourth-order valence-corrected chi connectivity index (χ4v) is 9.27. The molecule has 48 heavy (non-hydrogen) atoms. The Kier molecular flexibility index (Phi) is 9.83. The molecule has 0 saturated heterocycles. The predicted molar refractivity (Wildman–Crippen MR) is 169 cm³/mol. The average molecular weight is 669 g/mol. The van der Waals surface area contributed by atoms with Gasteiger partial charge in [0.2, 0.25) is 11.7 Å². The third-order valence-electron chi connectivity index (χ3n) is 12.0. The number of hydrogen-bond donors (Lipinski definition) is 3. The number of allylic oxidation sites excluding steroid dienone is 1. The van der Waals surface area contributed by atoms with E-state index in [-0.39, 0.29) is 41.9 Å². The number of esters is 2. The predicted octanol–water partition coefficient (Wildman–Crippen LogP) is 3.66. The third kappa shape index (κ3) is 6.36. The van der Waals surface area contributed by atoms with Crippen LogP contribution in [0.4, 0.5) is 5.69 Å². The molecule has 4 aliphatic rings. The molecule has 3 N–H and O–H groups in total. The van der Waals surface area contributed by atoms with Crippen LogP contribution in [-0.2, 0) is 39.9 Å². The molecule has 7 atom stereocenters. The monoisotopic (exact) mass is 668 g/mol. The van der Waals surface area contributed by atoms with Gasteiger partial charge in [-0.3, -0.25) is 29.3 Å². The van der Waals surface area contributed by atoms with Gasteiger partial charge in [-0.15, -0.1) is 0 Å². The van der Waals surface area contributed by atoms with Crippen molar-refractivity contribution < 1.29 is 48.6 Å². The van der Waals surface area contributed by atoms with Crippen LogP contribution in [0, 0.1) is 38.7 Å². The molecule has 3 saturated carbocycles. The summed E-state index contributed by atoms with van der Waals surface area (Å²) in [4.78, 5) is 73.5. The lowest BCUT2D eigenvalue weighted by molar-refractivity contribution is -0.385. The number of Topliss-reactive ketones (excluding diaryl/α,β-unsaturated/α-hetero) is 1. The number of phenols is 1. The molecule has 0 unspecified atom stereocenters. The molecule has 260 valence electrons. The number of nitro groups is 1. The maximum absolute atomic E-state index is 13.5. The van der Waals surface area contributed by atoms with E-state index >= 15 is 0 Å². The number of fused-ring (bicyclic) bond motifs is 5. The third-order valence-corrected chi connectivity index (χ3v) is 12.0. The number of nitrogens with zero attached hydrogens (tertiary/aromatic N) is 1. The van der Waals surface area contributed by atoms with Gasteiger partial charge in [0, 0.05) is 30.7 Å². The molecule has 0 aliphatic heterocycles. The Hall–Kier alpha value is -4.13. The fraction of sp³-hybridized carbons (Fsp3) is 0.629. The first-order valence-electron chi connectivity index (χ1n) is 16.6. The molecule has 1 amide bonds. The molecule has 3 fully saturated rings. The molecular formula is C35H44N2O11. The van der Waals surface area contributed by atoms with Crippen LogP contribution in [0.1, 0.15) is 83.6 Å². The number of methoxy groups -OCH3 is 1. The van der Waals surface area contributed by atoms with E-state index in [2.05, 4.69) is 12.2 Å². The Morgan fingerprint density at radius 3 is 2.50 bits per heavy atom. The van der Waals surface area contributed by atoms with Crippen molar-refractivity contribution in [3.63, 3.8) is 0 Å². The van der Waals surface area contributed by atoms with Gasteiger partial charge >= 0.3 is 17.6 Å². The summed E-state index contributed by atoms with van der Waals surface area (Å²) in [5, 5.41) is 35.1. The van der Waals surface area contributed by atoms with Gasteiger partial charge in [-0.2, -0.15) is 0 Å². The van der Waals surface area contributed by atoms with Crippen molar-refractivity contribution in [2.24, 2.45) is 28.6 Å². The van der Waals surface area contributed by atoms with Gasteiger partial charge in [-0.05, 0) is 85.8 Å². The molecule has 13 nitrogen and oxygen atoms in total. The van der Waals surface area contributed by atoms with Gasteiger partial charge in [0.15, 0.2) is 18.1 Å². The summed E-state index contributed by atoms with van der Waals surface area (Å²) in [6.07, 6.45) is 6.57. The Bertz CT molecular complexity index is 1550. The maximum Gasteiger partial charge on any atom is 0.328 e. The van der Waals surface area contributed by atoms with Gasteiger partial charge in [0.1, 0.15) is 11.6 Å². The number of ether oxygens (including phenoxy) is 2. The Labute approximate surface area is 278 Å². The molecule has 0 radical (unpaired) electrons. The average Bonchev–Trinajstić information content (AvgIpc) is 3.34. The number of nitro benzene ring substituents is 1. The molecule has 5 rings (SSSR count). The van der Waals surface area contributed by atoms with Crippen molar-refractivity contribution in [1.82, 2.24) is 5.32 Å². The highest BCUT2D eigenvalue weighted by Gasteiger charge is 2.66. The van der Waals surface area contributed by atoms with Crippen molar-refractivity contribution in [3.8, 4) is 5.75 Å². The van der Waals surface area contributed by atoms with Crippen molar-refractivity contribution in [2.45, 2.75) is 96.1 Å². The summed E-state index contributed by atoms with van der Waals surface area (Å²) in [5.41, 5.74) is -1.37. The van der Waals surface area contributed by atoms with Crippen molar-refractivity contribution >= 4 is 35.1 Å². The zero-order valence-electron chi connectivity index (χ0n) is 27.6. The lowest BCUT2D eigenvalue weighted by Crippen LogP contribution is -2.58. The van der Waals surface area contributed by atoms with Crippen molar-refractivity contribution in [2.75, 3.05) is 13.7 Å². The number of aromatic hydroxyl groups is 1. The molecule has 0 bridgehead atoms. The lowest BCUT2D eigenvalue weighted by atomic mass is 9.46. The summed E-state index contributed by atoms with van der Waals surface area (Å²) >= 11 is 0. The number of aliphatic hydroxyl groups is 1. The molecule has 4 aliphatic carbocycles. The second-order valence-corrected chi connectivity index (χ2v) is 14.3. The van der Waals surface area contributed by atoms with E-state index in [1.165, 1.54) is 11.6 Å². The summed E-state index contributed by atoms with van der Waals surface area (Å²) in [6.45, 7) is 3.64. The molecule has 0 heterocycles. The van der Waals surface area contributed by atoms with Gasteiger partial charge < -0.3 is 25.0 Å². The molecule has 0 aromatic heterocycles. The highest BCUT2D eigenvalue weighted by molar-refractivity contribution is 5.92. The maximum atomic E-state index is 13.5. The van der Waals surface area contributed by atoms with Crippen LogP contribution in [-0.4, -0.2) is 69.9 Å². The van der Waals surface area contributed by atoms with E-state index < -0.39 is 70.1 Å². The Morgan fingerprint density at radius 1 is 1.06 bits per heavy atom. The van der Waals surface area contributed by atoms with Crippen LogP contribution in [0.3, 0.4) is 0 Å². The molecule has 1 aromatic rings. The van der Waals surface area contributed by atoms with Crippen LogP contribution in [0.2, 0.25) is 0 Å². The van der Waals surface area contributed by atoms with Gasteiger partial charge in [-0.25, -0.2) is 4.79 Å². The van der Waals surface area contributed by atoms with Crippen LogP contribution in [0.25, 0.3) is 0 Å². The first kappa shape index (κ1) is 35.2. The van der Waals surface area contributed by atoms with E-state index in [1.54, 1.807) is 0 Å². The van der Waals surface area contributed by atoms with E-state index in [0.29, 0.717) is 31.1 Å². The highest BCUT2D eigenvalue weighted by Crippen LogP contribution is 2.67. The van der Waals surface area contributed by atoms with E-state index in [4.69, 9.17) is 9.47 Å². The first-order valence-corrected chi connectivity index (χ1v) is 16.6. The minimum atomic E-state index is -1.64. The number of hydrogen-bond acceptors (Lipinski definition) is 11. The number of carbonyl (C=O) groups is 5. The summed E-state index contributed by atoms with van der Waals surface area (Å²) in [6, 6.07) is 2.34. The normalized spacial score (nSPS) is 31.3. The van der Waals surface area contributed by atoms with E-state index in [9.17, 15) is 44.3 Å². The summed E-state index contributed by atoms with van der Waals surface area (Å²) in [5.74, 6) is -2.36. The Morgan fingerprint density at radius 2 is 1.79 bits per heavy atom. The molecule has 1 aromatic carbocycles. The fourth-order valence-electron chi connectivity index (χ4n) is 9.27. The molecular weight excluding hydrogens is 624 g/mol. The zero-order chi connectivity index (χ0) is 35.0. The molecule has 13 heteroatoms. The summed E-state index contributed by atoms with van der Waals surface area (Å²) in [7, 11) is 1.12. The van der Waals surface area contributed by atoms with Crippen LogP contribution >= 0.6 is 0 Å².